The van der Waals surface area contributed by atoms with Crippen LogP contribution >= 0.6 is 11.8 Å². The monoisotopic (exact) mass is 669 g/mol. The maximum atomic E-state index is 5.39. The molecule has 0 saturated carbocycles. The third-order valence-electron chi connectivity index (χ3n) is 10.9. The molecule has 3 aliphatic heterocycles. The molecule has 0 radical (unpaired) electrons. The predicted molar refractivity (Wildman–Crippen MR) is 210 cm³/mol. The van der Waals surface area contributed by atoms with Gasteiger partial charge >= 0.3 is 0 Å². The molecular weight excluding hydrogens is 639 g/mol. The molecule has 3 nitrogen and oxygen atoms in total. The first-order valence-electron chi connectivity index (χ1n) is 17.5. The van der Waals surface area contributed by atoms with Crippen molar-refractivity contribution in [3.8, 4) is 5.69 Å². The molecule has 240 valence electrons. The van der Waals surface area contributed by atoms with E-state index in [-0.39, 0.29) is 6.17 Å². The number of benzene rings is 7. The van der Waals surface area contributed by atoms with Crippen molar-refractivity contribution in [3.05, 3.63) is 215 Å². The Kier molecular flexibility index (Phi) is 6.16. The van der Waals surface area contributed by atoms with Crippen LogP contribution < -0.4 is 5.32 Å². The molecule has 4 heterocycles. The van der Waals surface area contributed by atoms with Crippen molar-refractivity contribution in [2.75, 3.05) is 0 Å². The molecule has 0 aliphatic carbocycles. The highest BCUT2D eigenvalue weighted by Gasteiger charge is 2.49. The highest BCUT2D eigenvalue weighted by atomic mass is 32.2. The van der Waals surface area contributed by atoms with Gasteiger partial charge in [0.2, 0.25) is 0 Å². The van der Waals surface area contributed by atoms with Crippen LogP contribution in [-0.2, 0) is 5.41 Å². The number of allylic oxidation sites excluding steroid dienone is 1. The molecule has 1 aromatic heterocycles. The number of aromatic nitrogens is 1. The second kappa shape index (κ2) is 10.9. The number of nitrogens with zero attached hydrogens (tertiary/aromatic N) is 2. The van der Waals surface area contributed by atoms with Crippen LogP contribution in [0.5, 0.6) is 0 Å². The lowest BCUT2D eigenvalue weighted by molar-refractivity contribution is 0.663. The van der Waals surface area contributed by atoms with Gasteiger partial charge in [0.05, 0.1) is 27.8 Å². The van der Waals surface area contributed by atoms with Crippen molar-refractivity contribution in [1.82, 2.24) is 9.88 Å². The molecule has 0 bridgehead atoms. The number of para-hydroxylation sites is 3. The van der Waals surface area contributed by atoms with Crippen molar-refractivity contribution in [3.63, 3.8) is 0 Å². The molecule has 4 heteroatoms. The van der Waals surface area contributed by atoms with E-state index in [4.69, 9.17) is 4.99 Å². The first-order chi connectivity index (χ1) is 25.3. The first-order valence-corrected chi connectivity index (χ1v) is 18.3. The van der Waals surface area contributed by atoms with Gasteiger partial charge in [-0.15, -0.1) is 0 Å². The highest BCUT2D eigenvalue weighted by molar-refractivity contribution is 7.99. The molecule has 0 amide bonds. The summed E-state index contributed by atoms with van der Waals surface area (Å²) in [5.74, 6) is 0. The number of aliphatic imine (C=N–C) groups is 1. The fourth-order valence-corrected chi connectivity index (χ4v) is 9.93. The minimum Gasteiger partial charge on any atom is -0.360 e. The summed E-state index contributed by atoms with van der Waals surface area (Å²) in [5.41, 5.74) is 13.9. The van der Waals surface area contributed by atoms with Gasteiger partial charge in [-0.2, -0.15) is 0 Å². The van der Waals surface area contributed by atoms with Gasteiger partial charge in [0, 0.05) is 31.8 Å². The SMILES string of the molecule is C1=C(c2ccccc2)NC(c2ccccc2)N=C1c1ccc2c(c1)C1(c3ccccc3S2)c2ccccc2-n2c3ccccc3c3cccc1c32. The van der Waals surface area contributed by atoms with Crippen LogP contribution in [0.3, 0.4) is 0 Å². The van der Waals surface area contributed by atoms with E-state index in [0.717, 1.165) is 28.1 Å². The van der Waals surface area contributed by atoms with E-state index in [1.165, 1.54) is 59.5 Å². The quantitative estimate of drug-likeness (QED) is 0.203. The number of nitrogens with one attached hydrogen (secondary N) is 1. The van der Waals surface area contributed by atoms with Crippen molar-refractivity contribution in [2.45, 2.75) is 21.4 Å². The zero-order valence-corrected chi connectivity index (χ0v) is 28.4. The van der Waals surface area contributed by atoms with Gasteiger partial charge in [-0.25, -0.2) is 0 Å². The Hall–Kier alpha value is -6.10. The Morgan fingerprint density at radius 1 is 0.549 bits per heavy atom. The van der Waals surface area contributed by atoms with E-state index in [2.05, 4.69) is 186 Å². The molecule has 2 unspecified atom stereocenters. The maximum Gasteiger partial charge on any atom is 0.145 e. The average Bonchev–Trinajstić information content (AvgIpc) is 3.55. The molecule has 0 saturated heterocycles. The molecule has 11 rings (SSSR count). The Labute approximate surface area is 300 Å². The van der Waals surface area contributed by atoms with Gasteiger partial charge < -0.3 is 9.88 Å². The van der Waals surface area contributed by atoms with E-state index in [9.17, 15) is 0 Å². The van der Waals surface area contributed by atoms with Crippen molar-refractivity contribution in [1.29, 1.82) is 0 Å². The zero-order valence-electron chi connectivity index (χ0n) is 27.6. The minimum atomic E-state index is -0.536. The van der Waals surface area contributed by atoms with Crippen LogP contribution in [0.4, 0.5) is 0 Å². The topological polar surface area (TPSA) is 29.3 Å². The smallest absolute Gasteiger partial charge is 0.145 e. The molecule has 0 fully saturated rings. The van der Waals surface area contributed by atoms with Gasteiger partial charge in [-0.3, -0.25) is 4.99 Å². The van der Waals surface area contributed by atoms with Crippen LogP contribution in [0, 0.1) is 0 Å². The Morgan fingerprint density at radius 3 is 2.12 bits per heavy atom. The van der Waals surface area contributed by atoms with Crippen LogP contribution in [0.15, 0.2) is 191 Å². The van der Waals surface area contributed by atoms with E-state index >= 15 is 0 Å². The maximum absolute atomic E-state index is 5.39. The van der Waals surface area contributed by atoms with Crippen molar-refractivity contribution < 1.29 is 0 Å². The first kappa shape index (κ1) is 28.7. The summed E-state index contributed by atoms with van der Waals surface area (Å²) < 4.78 is 2.50. The van der Waals surface area contributed by atoms with Gasteiger partial charge in [0.1, 0.15) is 6.17 Å². The van der Waals surface area contributed by atoms with E-state index in [0.29, 0.717) is 0 Å². The summed E-state index contributed by atoms with van der Waals surface area (Å²) in [5, 5.41) is 6.30. The summed E-state index contributed by atoms with van der Waals surface area (Å²) >= 11 is 1.88. The summed E-state index contributed by atoms with van der Waals surface area (Å²) in [4.78, 5) is 7.96. The van der Waals surface area contributed by atoms with Crippen molar-refractivity contribution in [2.24, 2.45) is 4.99 Å². The molecule has 8 aromatic rings. The number of fused-ring (bicyclic) bond motifs is 11. The fraction of sp³-hybridized carbons (Fsp3) is 0.0426. The Morgan fingerprint density at radius 2 is 1.24 bits per heavy atom. The third kappa shape index (κ3) is 4.05. The van der Waals surface area contributed by atoms with Gasteiger partial charge in [0.25, 0.3) is 0 Å². The number of hydrogen-bond acceptors (Lipinski definition) is 3. The molecule has 1 spiro atoms. The van der Waals surface area contributed by atoms with Crippen molar-refractivity contribution >= 4 is 45.0 Å². The predicted octanol–water partition coefficient (Wildman–Crippen LogP) is 11.1. The number of rotatable bonds is 3. The standard InChI is InChI=1S/C47H31N3S/c1-3-14-30(15-4-1)39-29-40(49-46(48-39)31-16-5-2-6-17-31)32-26-27-44-38(28-32)47(36-21-9-12-25-43(36)51-44)35-20-8-11-24-42(35)50-41-23-10-7-18-33(41)34-19-13-22-37(47)45(34)50/h1-29,46,48H. The Balaban J connectivity index is 1.22. The minimum absolute atomic E-state index is 0.207. The molecule has 2 atom stereocenters. The van der Waals surface area contributed by atoms with E-state index < -0.39 is 5.41 Å². The molecule has 51 heavy (non-hydrogen) atoms. The zero-order chi connectivity index (χ0) is 33.5. The molecule has 3 aliphatic rings. The highest BCUT2D eigenvalue weighted by Crippen LogP contribution is 2.60. The van der Waals surface area contributed by atoms with Crippen LogP contribution in [0.1, 0.15) is 45.1 Å². The lowest BCUT2D eigenvalue weighted by atomic mass is 9.62. The fourth-order valence-electron chi connectivity index (χ4n) is 8.75. The largest absolute Gasteiger partial charge is 0.360 e. The van der Waals surface area contributed by atoms with Crippen LogP contribution in [0.25, 0.3) is 33.2 Å². The van der Waals surface area contributed by atoms with Gasteiger partial charge in [0.15, 0.2) is 0 Å². The van der Waals surface area contributed by atoms with E-state index in [1.807, 2.05) is 11.8 Å². The molecule has 7 aromatic carbocycles. The molecular formula is C47H31N3S. The average molecular weight is 670 g/mol. The third-order valence-corrected chi connectivity index (χ3v) is 12.0. The van der Waals surface area contributed by atoms with Crippen LogP contribution in [-0.4, -0.2) is 10.3 Å². The normalized spacial score (nSPS) is 18.4. The molecule has 1 N–H and O–H groups in total. The Bertz CT molecular complexity index is 2760. The summed E-state index contributed by atoms with van der Waals surface area (Å²) in [6, 6.07) is 62.0. The number of hydrogen-bond donors (Lipinski definition) is 1. The second-order valence-corrected chi connectivity index (χ2v) is 14.6. The summed E-state index contributed by atoms with van der Waals surface area (Å²) in [6.45, 7) is 0. The lowest BCUT2D eigenvalue weighted by Crippen LogP contribution is -2.38. The summed E-state index contributed by atoms with van der Waals surface area (Å²) in [6.07, 6.45) is 2.02. The van der Waals surface area contributed by atoms with E-state index in [1.54, 1.807) is 0 Å². The second-order valence-electron chi connectivity index (χ2n) is 13.5. The van der Waals surface area contributed by atoms with Crippen LogP contribution in [0.2, 0.25) is 0 Å². The van der Waals surface area contributed by atoms with Gasteiger partial charge in [-0.05, 0) is 69.8 Å². The van der Waals surface area contributed by atoms with Gasteiger partial charge in [-0.1, -0.05) is 151 Å². The lowest BCUT2D eigenvalue weighted by Gasteiger charge is -2.45. The summed E-state index contributed by atoms with van der Waals surface area (Å²) in [7, 11) is 0.